The molecule has 0 radical (unpaired) electrons. The molecule has 1 heterocycles. The number of hydrogen-bond acceptors (Lipinski definition) is 2. The van der Waals surface area contributed by atoms with E-state index in [2.05, 4.69) is 22.8 Å². The van der Waals surface area contributed by atoms with Crippen molar-refractivity contribution >= 4 is 11.6 Å². The van der Waals surface area contributed by atoms with E-state index in [1.807, 2.05) is 49.4 Å². The van der Waals surface area contributed by atoms with Gasteiger partial charge in [-0.2, -0.15) is 0 Å². The van der Waals surface area contributed by atoms with Gasteiger partial charge >= 0.3 is 0 Å². The summed E-state index contributed by atoms with van der Waals surface area (Å²) < 4.78 is 0. The van der Waals surface area contributed by atoms with Gasteiger partial charge in [-0.25, -0.2) is 0 Å². The molecule has 2 aromatic carbocycles. The third kappa shape index (κ3) is 3.07. The van der Waals surface area contributed by atoms with Crippen LogP contribution in [0.3, 0.4) is 0 Å². The molecule has 2 N–H and O–H groups in total. The Morgan fingerprint density at radius 2 is 1.86 bits per heavy atom. The molecule has 1 amide bonds. The second kappa shape index (κ2) is 6.00. The van der Waals surface area contributed by atoms with Gasteiger partial charge in [0.25, 0.3) is 0 Å². The van der Waals surface area contributed by atoms with Gasteiger partial charge in [0.05, 0.1) is 12.0 Å². The molecule has 3 nitrogen and oxygen atoms in total. The van der Waals surface area contributed by atoms with Crippen LogP contribution in [0.25, 0.3) is 0 Å². The maximum atomic E-state index is 12.4. The molecule has 0 saturated heterocycles. The van der Waals surface area contributed by atoms with Gasteiger partial charge in [-0.15, -0.1) is 0 Å². The van der Waals surface area contributed by atoms with E-state index in [0.717, 1.165) is 17.7 Å². The normalized spacial score (nSPS) is 18.2. The van der Waals surface area contributed by atoms with Crippen LogP contribution >= 0.6 is 0 Å². The summed E-state index contributed by atoms with van der Waals surface area (Å²) in [6, 6.07) is 18.3. The highest BCUT2D eigenvalue weighted by atomic mass is 16.1. The zero-order valence-corrected chi connectivity index (χ0v) is 12.2. The number of nitrogens with one attached hydrogen (secondary N) is 2. The van der Waals surface area contributed by atoms with Crippen LogP contribution in [0.15, 0.2) is 54.6 Å². The summed E-state index contributed by atoms with van der Waals surface area (Å²) in [5.74, 6) is 0.111. The van der Waals surface area contributed by atoms with Crippen LogP contribution in [0.1, 0.15) is 24.1 Å². The molecule has 3 heteroatoms. The van der Waals surface area contributed by atoms with E-state index < -0.39 is 0 Å². The third-order valence-corrected chi connectivity index (χ3v) is 4.05. The summed E-state index contributed by atoms with van der Waals surface area (Å²) in [7, 11) is 0. The molecule has 0 bridgehead atoms. The Morgan fingerprint density at radius 1 is 1.14 bits per heavy atom. The molecule has 3 rings (SSSR count). The Kier molecular flexibility index (Phi) is 3.91. The van der Waals surface area contributed by atoms with E-state index in [4.69, 9.17) is 0 Å². The summed E-state index contributed by atoms with van der Waals surface area (Å²) in [5, 5.41) is 6.46. The van der Waals surface area contributed by atoms with E-state index in [1.54, 1.807) is 0 Å². The number of hydrogen-bond donors (Lipinski definition) is 2. The van der Waals surface area contributed by atoms with Crippen molar-refractivity contribution in [1.82, 2.24) is 5.32 Å². The predicted molar refractivity (Wildman–Crippen MR) is 85.1 cm³/mol. The number of anilines is 1. The van der Waals surface area contributed by atoms with Crippen molar-refractivity contribution in [1.29, 1.82) is 0 Å². The number of para-hydroxylation sites is 1. The maximum Gasteiger partial charge on any atom is 0.225 e. The molecule has 0 aliphatic carbocycles. The van der Waals surface area contributed by atoms with Gasteiger partial charge in [0.15, 0.2) is 0 Å². The second-order valence-corrected chi connectivity index (χ2v) is 5.58. The standard InChI is InChI=1S/C18H20N2O/c1-13(14-7-3-2-4-8-14)20-18(21)16-11-15-9-5-6-10-17(15)19-12-16/h2-10,13,16,19H,11-12H2,1H3,(H,20,21)/t13-,16?/m0/s1. The molecule has 1 unspecified atom stereocenters. The highest BCUT2D eigenvalue weighted by molar-refractivity contribution is 5.81. The lowest BCUT2D eigenvalue weighted by atomic mass is 9.93. The zero-order valence-electron chi connectivity index (χ0n) is 12.2. The Bertz CT molecular complexity index is 624. The van der Waals surface area contributed by atoms with E-state index in [9.17, 15) is 4.79 Å². The molecule has 21 heavy (non-hydrogen) atoms. The van der Waals surface area contributed by atoms with Crippen LogP contribution in [-0.2, 0) is 11.2 Å². The first-order valence-electron chi connectivity index (χ1n) is 7.41. The Balaban J connectivity index is 1.65. The van der Waals surface area contributed by atoms with Crippen molar-refractivity contribution in [2.45, 2.75) is 19.4 Å². The first-order valence-corrected chi connectivity index (χ1v) is 7.41. The van der Waals surface area contributed by atoms with Gasteiger partial charge in [0, 0.05) is 12.2 Å². The summed E-state index contributed by atoms with van der Waals surface area (Å²) in [4.78, 5) is 12.4. The van der Waals surface area contributed by atoms with Crippen molar-refractivity contribution < 1.29 is 4.79 Å². The summed E-state index contributed by atoms with van der Waals surface area (Å²) in [6.07, 6.45) is 0.802. The van der Waals surface area contributed by atoms with Gasteiger partial charge in [0.2, 0.25) is 5.91 Å². The molecule has 108 valence electrons. The van der Waals surface area contributed by atoms with Crippen LogP contribution in [0.5, 0.6) is 0 Å². The molecule has 0 aromatic heterocycles. The smallest absolute Gasteiger partial charge is 0.225 e. The van der Waals surface area contributed by atoms with E-state index >= 15 is 0 Å². The second-order valence-electron chi connectivity index (χ2n) is 5.58. The number of carbonyl (C=O) groups excluding carboxylic acids is 1. The minimum Gasteiger partial charge on any atom is -0.384 e. The fraction of sp³-hybridized carbons (Fsp3) is 0.278. The van der Waals surface area contributed by atoms with E-state index in [-0.39, 0.29) is 17.9 Å². The number of amides is 1. The van der Waals surface area contributed by atoms with E-state index in [0.29, 0.717) is 6.54 Å². The lowest BCUT2D eigenvalue weighted by Gasteiger charge is -2.26. The fourth-order valence-electron chi connectivity index (χ4n) is 2.78. The molecule has 2 aromatic rings. The molecule has 1 aliphatic heterocycles. The quantitative estimate of drug-likeness (QED) is 0.907. The Hall–Kier alpha value is -2.29. The van der Waals surface area contributed by atoms with Gasteiger partial charge in [-0.05, 0) is 30.5 Å². The van der Waals surface area contributed by atoms with Gasteiger partial charge in [-0.3, -0.25) is 4.79 Å². The van der Waals surface area contributed by atoms with Crippen LogP contribution < -0.4 is 10.6 Å². The minimum atomic E-state index is -0.00828. The molecule has 0 spiro atoms. The van der Waals surface area contributed by atoms with Crippen molar-refractivity contribution in [2.75, 3.05) is 11.9 Å². The summed E-state index contributed by atoms with van der Waals surface area (Å²) in [5.41, 5.74) is 3.50. The van der Waals surface area contributed by atoms with Gasteiger partial charge in [-0.1, -0.05) is 48.5 Å². The average molecular weight is 280 g/mol. The van der Waals surface area contributed by atoms with Crippen LogP contribution in [0.4, 0.5) is 5.69 Å². The van der Waals surface area contributed by atoms with Gasteiger partial charge in [0.1, 0.15) is 0 Å². The zero-order chi connectivity index (χ0) is 14.7. The maximum absolute atomic E-state index is 12.4. The SMILES string of the molecule is C[C@H](NC(=O)C1CNc2ccccc2C1)c1ccccc1. The van der Waals surface area contributed by atoms with Crippen LogP contribution in [-0.4, -0.2) is 12.5 Å². The molecular formula is C18H20N2O. The molecular weight excluding hydrogens is 260 g/mol. The molecule has 2 atom stereocenters. The number of rotatable bonds is 3. The summed E-state index contributed by atoms with van der Waals surface area (Å²) in [6.45, 7) is 2.72. The average Bonchev–Trinajstić information content (AvgIpc) is 2.55. The number of fused-ring (bicyclic) bond motifs is 1. The predicted octanol–water partition coefficient (Wildman–Crippen LogP) is 3.15. The Morgan fingerprint density at radius 3 is 2.67 bits per heavy atom. The van der Waals surface area contributed by atoms with Crippen molar-refractivity contribution in [3.05, 3.63) is 65.7 Å². The minimum absolute atomic E-state index is 0.00828. The largest absolute Gasteiger partial charge is 0.384 e. The first kappa shape index (κ1) is 13.7. The topological polar surface area (TPSA) is 41.1 Å². The van der Waals surface area contributed by atoms with Crippen LogP contribution in [0.2, 0.25) is 0 Å². The fourth-order valence-corrected chi connectivity index (χ4v) is 2.78. The lowest BCUT2D eigenvalue weighted by molar-refractivity contribution is -0.125. The highest BCUT2D eigenvalue weighted by Crippen LogP contribution is 2.24. The lowest BCUT2D eigenvalue weighted by Crippen LogP contribution is -2.39. The molecule has 1 aliphatic rings. The van der Waals surface area contributed by atoms with Crippen molar-refractivity contribution in [3.8, 4) is 0 Å². The third-order valence-electron chi connectivity index (χ3n) is 4.05. The highest BCUT2D eigenvalue weighted by Gasteiger charge is 2.25. The number of carbonyl (C=O) groups is 1. The van der Waals surface area contributed by atoms with E-state index in [1.165, 1.54) is 5.56 Å². The van der Waals surface area contributed by atoms with Crippen molar-refractivity contribution in [2.24, 2.45) is 5.92 Å². The summed E-state index contributed by atoms with van der Waals surface area (Å²) >= 11 is 0. The molecule has 0 fully saturated rings. The Labute approximate surface area is 125 Å². The van der Waals surface area contributed by atoms with Crippen LogP contribution in [0, 0.1) is 5.92 Å². The monoisotopic (exact) mass is 280 g/mol. The van der Waals surface area contributed by atoms with Crippen molar-refractivity contribution in [3.63, 3.8) is 0 Å². The number of benzene rings is 2. The van der Waals surface area contributed by atoms with Gasteiger partial charge < -0.3 is 10.6 Å². The first-order chi connectivity index (χ1) is 10.2. The molecule has 0 saturated carbocycles.